The van der Waals surface area contributed by atoms with E-state index < -0.39 is 17.4 Å². The third kappa shape index (κ3) is 7.60. The van der Waals surface area contributed by atoms with Gasteiger partial charge in [-0.2, -0.15) is 0 Å². The number of nitrogens with one attached hydrogen (secondary N) is 2. The summed E-state index contributed by atoms with van der Waals surface area (Å²) in [5, 5.41) is 22.6. The number of benzene rings is 2. The molecular formula is C28H34N2O6. The van der Waals surface area contributed by atoms with Crippen molar-refractivity contribution in [2.45, 2.75) is 64.7 Å². The normalized spacial score (nSPS) is 10.9. The van der Waals surface area contributed by atoms with Crippen molar-refractivity contribution in [3.63, 3.8) is 0 Å². The summed E-state index contributed by atoms with van der Waals surface area (Å²) in [5.41, 5.74) is 1.00. The number of carboxylic acids is 1. The summed E-state index contributed by atoms with van der Waals surface area (Å²) < 4.78 is 5.64. The standard InChI is InChI=1S/C28H34N2O6/c1-2-3-4-6-9-19-11-16-23-22(18-19)26(33)25(28(35)30-23)27(34)29-20-12-14-21(15-13-20)36-17-8-5-7-10-24(31)32/h11-16,18H,2-10,17H2,1H3,(H,29,34)(H,31,32)(H2,30,33,35). The number of pyridine rings is 1. The van der Waals surface area contributed by atoms with Crippen LogP contribution in [0, 0.1) is 0 Å². The lowest BCUT2D eigenvalue weighted by atomic mass is 10.0. The summed E-state index contributed by atoms with van der Waals surface area (Å²) in [6.45, 7) is 2.63. The molecule has 0 bridgehead atoms. The topological polar surface area (TPSA) is 129 Å². The Labute approximate surface area is 210 Å². The van der Waals surface area contributed by atoms with E-state index in [4.69, 9.17) is 9.84 Å². The molecule has 0 spiro atoms. The number of anilines is 1. The van der Waals surface area contributed by atoms with E-state index >= 15 is 0 Å². The number of hydrogen-bond donors (Lipinski definition) is 4. The van der Waals surface area contributed by atoms with Crippen LogP contribution >= 0.6 is 0 Å². The second kappa shape index (κ2) is 13.3. The van der Waals surface area contributed by atoms with Gasteiger partial charge in [0.05, 0.1) is 12.1 Å². The van der Waals surface area contributed by atoms with Gasteiger partial charge in [0.2, 0.25) is 0 Å². The first-order valence-electron chi connectivity index (χ1n) is 12.5. The Hall–Kier alpha value is -3.81. The molecule has 1 amide bonds. The number of aromatic amines is 1. The first kappa shape index (κ1) is 26.8. The Bertz CT molecular complexity index is 1230. The van der Waals surface area contributed by atoms with Crippen LogP contribution in [0.4, 0.5) is 5.69 Å². The average molecular weight is 495 g/mol. The Morgan fingerprint density at radius 1 is 0.972 bits per heavy atom. The van der Waals surface area contributed by atoms with Gasteiger partial charge < -0.3 is 25.3 Å². The van der Waals surface area contributed by atoms with Gasteiger partial charge in [-0.05, 0) is 74.1 Å². The summed E-state index contributed by atoms with van der Waals surface area (Å²) in [5.74, 6) is -1.21. The molecule has 192 valence electrons. The molecule has 0 radical (unpaired) electrons. The summed E-state index contributed by atoms with van der Waals surface area (Å²) in [7, 11) is 0. The van der Waals surface area contributed by atoms with Crippen LogP contribution in [-0.2, 0) is 11.2 Å². The zero-order valence-electron chi connectivity index (χ0n) is 20.6. The zero-order chi connectivity index (χ0) is 25.9. The summed E-state index contributed by atoms with van der Waals surface area (Å²) in [4.78, 5) is 38.7. The number of ether oxygens (including phenoxy) is 1. The van der Waals surface area contributed by atoms with E-state index in [-0.39, 0.29) is 17.7 Å². The van der Waals surface area contributed by atoms with Crippen LogP contribution in [0.25, 0.3) is 10.9 Å². The number of unbranched alkanes of at least 4 members (excludes halogenated alkanes) is 5. The molecule has 0 saturated carbocycles. The maximum Gasteiger partial charge on any atom is 0.303 e. The Kier molecular flexibility index (Phi) is 9.92. The maximum atomic E-state index is 12.9. The van der Waals surface area contributed by atoms with Gasteiger partial charge >= 0.3 is 5.97 Å². The number of rotatable bonds is 14. The van der Waals surface area contributed by atoms with E-state index in [1.165, 1.54) is 6.42 Å². The number of aromatic nitrogens is 1. The number of aliphatic carboxylic acids is 1. The highest BCUT2D eigenvalue weighted by Crippen LogP contribution is 2.27. The monoisotopic (exact) mass is 494 g/mol. The van der Waals surface area contributed by atoms with Gasteiger partial charge in [0.25, 0.3) is 11.5 Å². The minimum absolute atomic E-state index is 0.157. The van der Waals surface area contributed by atoms with Gasteiger partial charge in [-0.15, -0.1) is 0 Å². The first-order chi connectivity index (χ1) is 17.4. The molecule has 4 N–H and O–H groups in total. The van der Waals surface area contributed by atoms with Crippen LogP contribution in [0.3, 0.4) is 0 Å². The van der Waals surface area contributed by atoms with E-state index in [1.54, 1.807) is 30.3 Å². The van der Waals surface area contributed by atoms with Crippen LogP contribution in [0.5, 0.6) is 11.5 Å². The average Bonchev–Trinajstić information content (AvgIpc) is 2.85. The number of fused-ring (bicyclic) bond motifs is 1. The third-order valence-electron chi connectivity index (χ3n) is 6.01. The molecule has 8 heteroatoms. The SMILES string of the molecule is CCCCCCc1ccc2[nH]c(=O)c(C(=O)Nc3ccc(OCCCCCC(=O)O)cc3)c(O)c2c1. The van der Waals surface area contributed by atoms with Gasteiger partial charge in [0, 0.05) is 17.5 Å². The molecule has 0 atom stereocenters. The van der Waals surface area contributed by atoms with Gasteiger partial charge in [-0.25, -0.2) is 0 Å². The first-order valence-corrected chi connectivity index (χ1v) is 12.5. The molecule has 0 unspecified atom stereocenters. The van der Waals surface area contributed by atoms with Gasteiger partial charge in [-0.3, -0.25) is 14.4 Å². The fourth-order valence-electron chi connectivity index (χ4n) is 4.02. The molecule has 8 nitrogen and oxygen atoms in total. The molecule has 0 aliphatic heterocycles. The van der Waals surface area contributed by atoms with Crippen molar-refractivity contribution >= 4 is 28.5 Å². The van der Waals surface area contributed by atoms with Crippen molar-refractivity contribution < 1.29 is 24.5 Å². The smallest absolute Gasteiger partial charge is 0.303 e. The van der Waals surface area contributed by atoms with Crippen molar-refractivity contribution in [2.75, 3.05) is 11.9 Å². The second-order valence-corrected chi connectivity index (χ2v) is 8.90. The Morgan fingerprint density at radius 2 is 1.72 bits per heavy atom. The summed E-state index contributed by atoms with van der Waals surface area (Å²) in [6, 6.07) is 12.2. The van der Waals surface area contributed by atoms with E-state index in [2.05, 4.69) is 17.2 Å². The number of amides is 1. The lowest BCUT2D eigenvalue weighted by Crippen LogP contribution is -2.23. The number of H-pyrrole nitrogens is 1. The molecular weight excluding hydrogens is 460 g/mol. The van der Waals surface area contributed by atoms with Crippen LogP contribution in [0.1, 0.15) is 74.2 Å². The van der Waals surface area contributed by atoms with E-state index in [0.717, 1.165) is 44.1 Å². The van der Waals surface area contributed by atoms with Gasteiger partial charge in [0.1, 0.15) is 17.1 Å². The fraction of sp³-hybridized carbons (Fsp3) is 0.393. The highest BCUT2D eigenvalue weighted by Gasteiger charge is 2.19. The minimum atomic E-state index is -0.796. The summed E-state index contributed by atoms with van der Waals surface area (Å²) >= 11 is 0. The lowest BCUT2D eigenvalue weighted by molar-refractivity contribution is -0.137. The number of carbonyl (C=O) groups excluding carboxylic acids is 1. The highest BCUT2D eigenvalue weighted by atomic mass is 16.5. The summed E-state index contributed by atoms with van der Waals surface area (Å²) in [6.07, 6.45) is 7.67. The van der Waals surface area contributed by atoms with Crippen molar-refractivity contribution in [1.82, 2.24) is 4.98 Å². The molecule has 3 rings (SSSR count). The predicted octanol–water partition coefficient (Wildman–Crippen LogP) is 5.63. The number of carbonyl (C=O) groups is 2. The molecule has 36 heavy (non-hydrogen) atoms. The predicted molar refractivity (Wildman–Crippen MR) is 140 cm³/mol. The maximum absolute atomic E-state index is 12.9. The molecule has 0 fully saturated rings. The molecule has 1 heterocycles. The van der Waals surface area contributed by atoms with Crippen molar-refractivity contribution in [3.05, 3.63) is 63.9 Å². The number of aryl methyl sites for hydroxylation is 1. The van der Waals surface area contributed by atoms with Crippen LogP contribution in [0.15, 0.2) is 47.3 Å². The molecule has 1 aromatic heterocycles. The fourth-order valence-corrected chi connectivity index (χ4v) is 4.02. The largest absolute Gasteiger partial charge is 0.506 e. The second-order valence-electron chi connectivity index (χ2n) is 8.90. The number of aromatic hydroxyl groups is 1. The van der Waals surface area contributed by atoms with E-state index in [1.807, 2.05) is 12.1 Å². The third-order valence-corrected chi connectivity index (χ3v) is 6.01. The van der Waals surface area contributed by atoms with Gasteiger partial charge in [0.15, 0.2) is 0 Å². The van der Waals surface area contributed by atoms with Crippen LogP contribution in [0.2, 0.25) is 0 Å². The quantitative estimate of drug-likeness (QED) is 0.215. The molecule has 0 aliphatic rings. The van der Waals surface area contributed by atoms with Gasteiger partial charge in [-0.1, -0.05) is 32.3 Å². The Morgan fingerprint density at radius 3 is 2.44 bits per heavy atom. The zero-order valence-corrected chi connectivity index (χ0v) is 20.6. The number of hydrogen-bond acceptors (Lipinski definition) is 5. The van der Waals surface area contributed by atoms with E-state index in [9.17, 15) is 19.5 Å². The molecule has 3 aromatic rings. The highest BCUT2D eigenvalue weighted by molar-refractivity contribution is 6.09. The van der Waals surface area contributed by atoms with Crippen LogP contribution < -0.4 is 15.6 Å². The van der Waals surface area contributed by atoms with Crippen LogP contribution in [-0.4, -0.2) is 33.7 Å². The lowest BCUT2D eigenvalue weighted by Gasteiger charge is -2.11. The molecule has 0 saturated heterocycles. The minimum Gasteiger partial charge on any atom is -0.506 e. The Balaban J connectivity index is 1.63. The van der Waals surface area contributed by atoms with Crippen molar-refractivity contribution in [2.24, 2.45) is 0 Å². The molecule has 2 aromatic carbocycles. The van der Waals surface area contributed by atoms with E-state index in [0.29, 0.717) is 35.4 Å². The van der Waals surface area contributed by atoms with Crippen molar-refractivity contribution in [1.29, 1.82) is 0 Å². The number of carboxylic acid groups (broad SMARTS) is 1. The van der Waals surface area contributed by atoms with Crippen molar-refractivity contribution in [3.8, 4) is 11.5 Å². The molecule has 0 aliphatic carbocycles.